The molecule has 4 rings (SSSR count). The van der Waals surface area contributed by atoms with E-state index in [9.17, 15) is 0 Å². The molecule has 1 aromatic rings. The van der Waals surface area contributed by atoms with E-state index in [1.807, 2.05) is 0 Å². The van der Waals surface area contributed by atoms with E-state index >= 15 is 0 Å². The first-order chi connectivity index (χ1) is 10.3. The number of hydrogen-bond acceptors (Lipinski definition) is 2. The summed E-state index contributed by atoms with van der Waals surface area (Å²) in [5, 5.41) is 3.71. The molecule has 2 heterocycles. The van der Waals surface area contributed by atoms with Crippen LogP contribution in [0.5, 0.6) is 0 Å². The van der Waals surface area contributed by atoms with Gasteiger partial charge in [0.05, 0.1) is 0 Å². The van der Waals surface area contributed by atoms with Gasteiger partial charge in [-0.3, -0.25) is 0 Å². The normalized spacial score (nSPS) is 28.3. The molecule has 0 aromatic heterocycles. The second-order valence-electron chi connectivity index (χ2n) is 7.56. The molecule has 1 saturated carbocycles. The van der Waals surface area contributed by atoms with E-state index in [4.69, 9.17) is 0 Å². The first kappa shape index (κ1) is 13.6. The Bertz CT molecular complexity index is 455. The van der Waals surface area contributed by atoms with Gasteiger partial charge in [0.25, 0.3) is 0 Å². The van der Waals surface area contributed by atoms with Crippen LogP contribution in [0.2, 0.25) is 0 Å². The fourth-order valence-electron chi connectivity index (χ4n) is 4.81. The Kier molecular flexibility index (Phi) is 3.66. The molecule has 1 aromatic carbocycles. The first-order valence-electron chi connectivity index (χ1n) is 8.90. The number of nitrogens with zero attached hydrogens (tertiary/aromatic N) is 1. The van der Waals surface area contributed by atoms with Crippen LogP contribution < -0.4 is 5.32 Å². The van der Waals surface area contributed by atoms with Crippen molar-refractivity contribution in [3.8, 4) is 0 Å². The van der Waals surface area contributed by atoms with Crippen LogP contribution in [-0.4, -0.2) is 30.6 Å². The van der Waals surface area contributed by atoms with Crippen LogP contribution >= 0.6 is 0 Å². The topological polar surface area (TPSA) is 15.3 Å². The summed E-state index contributed by atoms with van der Waals surface area (Å²) in [6.07, 6.45) is 11.6. The summed E-state index contributed by atoms with van der Waals surface area (Å²) in [6, 6.07) is 9.43. The number of fused-ring (bicyclic) bond motifs is 1. The number of para-hydroxylation sites is 1. The second kappa shape index (κ2) is 5.64. The highest BCUT2D eigenvalue weighted by atomic mass is 15.2. The maximum absolute atomic E-state index is 3.71. The van der Waals surface area contributed by atoms with Crippen LogP contribution in [0.4, 0.5) is 5.69 Å². The number of nitrogens with one attached hydrogen (secondary N) is 1. The average molecular weight is 284 g/mol. The van der Waals surface area contributed by atoms with Crippen molar-refractivity contribution in [1.29, 1.82) is 0 Å². The number of likely N-dealkylation sites (tertiary alicyclic amines) is 1. The van der Waals surface area contributed by atoms with Crippen LogP contribution in [0.1, 0.15) is 50.5 Å². The minimum Gasteiger partial charge on any atom is -0.380 e. The van der Waals surface area contributed by atoms with Gasteiger partial charge < -0.3 is 10.2 Å². The molecule has 1 N–H and O–H groups in total. The van der Waals surface area contributed by atoms with Gasteiger partial charge in [0.15, 0.2) is 0 Å². The van der Waals surface area contributed by atoms with Crippen molar-refractivity contribution in [3.05, 3.63) is 29.8 Å². The zero-order chi connectivity index (χ0) is 14.1. The lowest BCUT2D eigenvalue weighted by molar-refractivity contribution is 0.0661. The summed E-state index contributed by atoms with van der Waals surface area (Å²) in [7, 11) is 0. The minimum atomic E-state index is 0.628. The standard InChI is InChI=1S/C19H28N2/c1-4-8-19(9-5-1)10-12-21(13-11-19)15-17-14-16-6-2-3-7-18(16)20-17/h2-3,6-7,17,20H,1,4-5,8-15H2. The molecule has 0 amide bonds. The van der Waals surface area contributed by atoms with Gasteiger partial charge in [-0.05, 0) is 62.2 Å². The minimum absolute atomic E-state index is 0.628. The number of piperidine rings is 1. The fourth-order valence-corrected chi connectivity index (χ4v) is 4.81. The zero-order valence-corrected chi connectivity index (χ0v) is 13.1. The largest absolute Gasteiger partial charge is 0.380 e. The first-order valence-corrected chi connectivity index (χ1v) is 8.90. The maximum Gasteiger partial charge on any atom is 0.0429 e. The van der Waals surface area contributed by atoms with Crippen molar-refractivity contribution >= 4 is 5.69 Å². The van der Waals surface area contributed by atoms with Crippen molar-refractivity contribution in [2.24, 2.45) is 5.41 Å². The molecule has 0 radical (unpaired) electrons. The van der Waals surface area contributed by atoms with E-state index in [1.165, 1.54) is 82.3 Å². The summed E-state index contributed by atoms with van der Waals surface area (Å²) in [5.74, 6) is 0. The van der Waals surface area contributed by atoms with E-state index in [0.29, 0.717) is 6.04 Å². The Morgan fingerprint density at radius 2 is 1.76 bits per heavy atom. The van der Waals surface area contributed by atoms with Gasteiger partial charge in [-0.1, -0.05) is 37.5 Å². The molecule has 21 heavy (non-hydrogen) atoms. The molecule has 2 heteroatoms. The van der Waals surface area contributed by atoms with Gasteiger partial charge in [-0.2, -0.15) is 0 Å². The Balaban J connectivity index is 1.30. The number of anilines is 1. The van der Waals surface area contributed by atoms with E-state index < -0.39 is 0 Å². The van der Waals surface area contributed by atoms with Gasteiger partial charge in [0.1, 0.15) is 0 Å². The molecule has 1 unspecified atom stereocenters. The molecular weight excluding hydrogens is 256 g/mol. The second-order valence-corrected chi connectivity index (χ2v) is 7.56. The van der Waals surface area contributed by atoms with Crippen LogP contribution in [0.3, 0.4) is 0 Å². The summed E-state index contributed by atoms with van der Waals surface area (Å²) >= 11 is 0. The summed E-state index contributed by atoms with van der Waals surface area (Å²) in [6.45, 7) is 3.88. The van der Waals surface area contributed by atoms with Crippen molar-refractivity contribution in [2.45, 2.75) is 57.4 Å². The molecule has 1 saturated heterocycles. The van der Waals surface area contributed by atoms with Gasteiger partial charge in [-0.25, -0.2) is 0 Å². The molecule has 2 aliphatic heterocycles. The van der Waals surface area contributed by atoms with E-state index in [2.05, 4.69) is 34.5 Å². The molecule has 2 nitrogen and oxygen atoms in total. The van der Waals surface area contributed by atoms with Crippen molar-refractivity contribution in [2.75, 3.05) is 25.0 Å². The average Bonchev–Trinajstić information content (AvgIpc) is 2.93. The molecule has 1 spiro atoms. The molecule has 3 aliphatic rings. The zero-order valence-electron chi connectivity index (χ0n) is 13.1. The molecule has 2 fully saturated rings. The highest BCUT2D eigenvalue weighted by Crippen LogP contribution is 2.44. The highest BCUT2D eigenvalue weighted by Gasteiger charge is 2.36. The summed E-state index contributed by atoms with van der Waals surface area (Å²) < 4.78 is 0. The lowest BCUT2D eigenvalue weighted by Crippen LogP contribution is -2.45. The third kappa shape index (κ3) is 2.83. The quantitative estimate of drug-likeness (QED) is 0.880. The Morgan fingerprint density at radius 3 is 2.52 bits per heavy atom. The Labute approximate surface area is 128 Å². The number of benzene rings is 1. The van der Waals surface area contributed by atoms with Crippen molar-refractivity contribution < 1.29 is 0 Å². The van der Waals surface area contributed by atoms with Crippen molar-refractivity contribution in [1.82, 2.24) is 4.90 Å². The van der Waals surface area contributed by atoms with Crippen LogP contribution in [0.15, 0.2) is 24.3 Å². The van der Waals surface area contributed by atoms with Gasteiger partial charge in [-0.15, -0.1) is 0 Å². The highest BCUT2D eigenvalue weighted by molar-refractivity contribution is 5.56. The van der Waals surface area contributed by atoms with E-state index in [1.54, 1.807) is 0 Å². The van der Waals surface area contributed by atoms with Gasteiger partial charge in [0.2, 0.25) is 0 Å². The molecular formula is C19H28N2. The molecule has 1 aliphatic carbocycles. The van der Waals surface area contributed by atoms with Crippen LogP contribution in [-0.2, 0) is 6.42 Å². The van der Waals surface area contributed by atoms with Crippen LogP contribution in [0, 0.1) is 5.41 Å². The third-order valence-corrected chi connectivity index (χ3v) is 6.15. The molecule has 1 atom stereocenters. The SMILES string of the molecule is c1ccc2c(c1)CC(CN1CCC3(CCCCC3)CC1)N2. The summed E-state index contributed by atoms with van der Waals surface area (Å²) in [5.41, 5.74) is 3.60. The number of rotatable bonds is 2. The number of hydrogen-bond donors (Lipinski definition) is 1. The van der Waals surface area contributed by atoms with E-state index in [-0.39, 0.29) is 0 Å². The Morgan fingerprint density at radius 1 is 1.00 bits per heavy atom. The fraction of sp³-hybridized carbons (Fsp3) is 0.684. The maximum atomic E-state index is 3.71. The van der Waals surface area contributed by atoms with Gasteiger partial charge in [0, 0.05) is 18.3 Å². The molecule has 114 valence electrons. The van der Waals surface area contributed by atoms with E-state index in [0.717, 1.165) is 5.41 Å². The lowest BCUT2D eigenvalue weighted by Gasteiger charge is -2.44. The smallest absolute Gasteiger partial charge is 0.0429 e. The predicted molar refractivity (Wildman–Crippen MR) is 88.7 cm³/mol. The van der Waals surface area contributed by atoms with Crippen LogP contribution in [0.25, 0.3) is 0 Å². The monoisotopic (exact) mass is 284 g/mol. The molecule has 0 bridgehead atoms. The summed E-state index contributed by atoms with van der Waals surface area (Å²) in [4.78, 5) is 2.71. The van der Waals surface area contributed by atoms with Crippen molar-refractivity contribution in [3.63, 3.8) is 0 Å². The lowest BCUT2D eigenvalue weighted by atomic mass is 9.68. The Hall–Kier alpha value is -1.02. The third-order valence-electron chi connectivity index (χ3n) is 6.15. The van der Waals surface area contributed by atoms with Gasteiger partial charge >= 0.3 is 0 Å². The predicted octanol–water partition coefficient (Wildman–Crippen LogP) is 4.07.